The second-order valence-electron chi connectivity index (χ2n) is 6.21. The van der Waals surface area contributed by atoms with Crippen molar-refractivity contribution in [1.29, 1.82) is 0 Å². The van der Waals surface area contributed by atoms with E-state index in [2.05, 4.69) is 15.2 Å². The summed E-state index contributed by atoms with van der Waals surface area (Å²) in [5.41, 5.74) is 1.71. The van der Waals surface area contributed by atoms with Crippen molar-refractivity contribution >= 4 is 17.1 Å². The van der Waals surface area contributed by atoms with E-state index in [4.69, 9.17) is 13.9 Å². The number of fused-ring (bicyclic) bond motifs is 1. The van der Waals surface area contributed by atoms with Gasteiger partial charge < -0.3 is 19.2 Å². The molecule has 0 aliphatic carbocycles. The number of para-hydroxylation sites is 2. The Morgan fingerprint density at radius 2 is 2.04 bits per heavy atom. The summed E-state index contributed by atoms with van der Waals surface area (Å²) in [6, 6.07) is 8.87. The first kappa shape index (κ1) is 14.9. The number of rotatable bonds is 5. The van der Waals surface area contributed by atoms with Crippen LogP contribution >= 0.6 is 0 Å². The summed E-state index contributed by atoms with van der Waals surface area (Å²) in [4.78, 5) is 7.02. The third kappa shape index (κ3) is 3.34. The topological polar surface area (TPSA) is 59.8 Å². The van der Waals surface area contributed by atoms with Gasteiger partial charge in [0.25, 0.3) is 6.01 Å². The van der Waals surface area contributed by atoms with Crippen LogP contribution in [0.3, 0.4) is 0 Å². The van der Waals surface area contributed by atoms with Gasteiger partial charge >= 0.3 is 0 Å². The molecule has 3 heterocycles. The zero-order chi connectivity index (χ0) is 15.5. The third-order valence-electron chi connectivity index (χ3n) is 4.78. The zero-order valence-corrected chi connectivity index (χ0v) is 13.2. The average molecular weight is 317 g/mol. The minimum absolute atomic E-state index is 0.427. The summed E-state index contributed by atoms with van der Waals surface area (Å²) in [6.07, 6.45) is 1.12. The monoisotopic (exact) mass is 317 g/mol. The van der Waals surface area contributed by atoms with Crippen LogP contribution in [0.5, 0.6) is 0 Å². The molecule has 2 fully saturated rings. The predicted octanol–water partition coefficient (Wildman–Crippen LogP) is 1.98. The van der Waals surface area contributed by atoms with Crippen LogP contribution in [0, 0.1) is 5.92 Å². The molecule has 2 saturated heterocycles. The minimum Gasteiger partial charge on any atom is -0.424 e. The predicted molar refractivity (Wildman–Crippen MR) is 87.6 cm³/mol. The maximum atomic E-state index is 5.77. The molecule has 0 unspecified atom stereocenters. The normalized spacial score (nSPS) is 24.1. The molecule has 0 spiro atoms. The van der Waals surface area contributed by atoms with Crippen molar-refractivity contribution in [2.75, 3.05) is 51.4 Å². The summed E-state index contributed by atoms with van der Waals surface area (Å²) in [5, 5.41) is 3.39. The van der Waals surface area contributed by atoms with Crippen molar-refractivity contribution in [3.05, 3.63) is 24.3 Å². The Hall–Kier alpha value is -1.63. The Bertz CT molecular complexity index is 600. The Labute approximate surface area is 135 Å². The molecular weight excluding hydrogens is 294 g/mol. The van der Waals surface area contributed by atoms with Gasteiger partial charge in [0.2, 0.25) is 0 Å². The first-order valence-corrected chi connectivity index (χ1v) is 8.39. The van der Waals surface area contributed by atoms with Gasteiger partial charge in [-0.05, 0) is 18.6 Å². The number of morpholine rings is 1. The largest absolute Gasteiger partial charge is 0.424 e. The number of nitrogens with one attached hydrogen (secondary N) is 1. The van der Waals surface area contributed by atoms with E-state index in [1.165, 1.54) is 0 Å². The Morgan fingerprint density at radius 3 is 2.83 bits per heavy atom. The highest BCUT2D eigenvalue weighted by molar-refractivity contribution is 5.74. The highest BCUT2D eigenvalue weighted by atomic mass is 16.5. The van der Waals surface area contributed by atoms with Crippen molar-refractivity contribution in [2.45, 2.75) is 12.5 Å². The molecule has 124 valence electrons. The summed E-state index contributed by atoms with van der Waals surface area (Å²) < 4.78 is 16.9. The SMILES string of the molecule is c1ccc2oc(NC[C@@H]([C@H]3CCOC3)N3CCOCC3)nc2c1. The molecule has 0 radical (unpaired) electrons. The molecule has 0 amide bonds. The van der Waals surface area contributed by atoms with E-state index in [1.807, 2.05) is 24.3 Å². The lowest BCUT2D eigenvalue weighted by Crippen LogP contribution is -2.50. The summed E-state index contributed by atoms with van der Waals surface area (Å²) in [7, 11) is 0. The van der Waals surface area contributed by atoms with E-state index in [-0.39, 0.29) is 0 Å². The first-order chi connectivity index (χ1) is 11.4. The fourth-order valence-electron chi connectivity index (χ4n) is 3.50. The Morgan fingerprint density at radius 1 is 1.17 bits per heavy atom. The average Bonchev–Trinajstić information content (AvgIpc) is 3.25. The molecule has 6 heteroatoms. The van der Waals surface area contributed by atoms with E-state index >= 15 is 0 Å². The van der Waals surface area contributed by atoms with Crippen LogP contribution in [-0.4, -0.2) is 62.0 Å². The molecule has 2 aliphatic rings. The minimum atomic E-state index is 0.427. The standard InChI is InChI=1S/C17H23N3O3/c1-2-4-16-14(3-1)19-17(23-16)18-11-15(13-5-8-22-12-13)20-6-9-21-10-7-20/h1-4,13,15H,5-12H2,(H,18,19)/t13-,15-/m0/s1. The second kappa shape index (κ2) is 6.86. The smallest absolute Gasteiger partial charge is 0.295 e. The van der Waals surface area contributed by atoms with Crippen molar-refractivity contribution in [2.24, 2.45) is 5.92 Å². The number of aromatic nitrogens is 1. The molecule has 1 N–H and O–H groups in total. The summed E-state index contributed by atoms with van der Waals surface area (Å²) >= 11 is 0. The van der Waals surface area contributed by atoms with Crippen LogP contribution in [0.15, 0.2) is 28.7 Å². The van der Waals surface area contributed by atoms with Crippen molar-refractivity contribution < 1.29 is 13.9 Å². The summed E-state index contributed by atoms with van der Waals surface area (Å²) in [5.74, 6) is 0.560. The highest BCUT2D eigenvalue weighted by Crippen LogP contribution is 2.24. The lowest BCUT2D eigenvalue weighted by Gasteiger charge is -2.37. The van der Waals surface area contributed by atoms with Crippen molar-refractivity contribution in [3.8, 4) is 0 Å². The molecule has 2 aromatic rings. The Balaban J connectivity index is 1.45. The third-order valence-corrected chi connectivity index (χ3v) is 4.78. The molecular formula is C17H23N3O3. The lowest BCUT2D eigenvalue weighted by atomic mass is 9.97. The lowest BCUT2D eigenvalue weighted by molar-refractivity contribution is 0.00451. The Kier molecular flexibility index (Phi) is 4.46. The summed E-state index contributed by atoms with van der Waals surface area (Å²) in [6.45, 7) is 6.12. The molecule has 0 bridgehead atoms. The quantitative estimate of drug-likeness (QED) is 0.910. The van der Waals surface area contributed by atoms with Crippen LogP contribution in [0.25, 0.3) is 11.1 Å². The number of anilines is 1. The number of benzene rings is 1. The van der Waals surface area contributed by atoms with E-state index in [0.717, 1.165) is 63.6 Å². The van der Waals surface area contributed by atoms with Gasteiger partial charge in [-0.1, -0.05) is 12.1 Å². The number of nitrogens with zero attached hydrogens (tertiary/aromatic N) is 2. The van der Waals surface area contributed by atoms with Gasteiger partial charge in [0.1, 0.15) is 5.52 Å². The van der Waals surface area contributed by atoms with Crippen LogP contribution in [0.2, 0.25) is 0 Å². The molecule has 1 aromatic carbocycles. The van der Waals surface area contributed by atoms with Gasteiger partial charge in [-0.25, -0.2) is 0 Å². The van der Waals surface area contributed by atoms with Crippen LogP contribution in [0.1, 0.15) is 6.42 Å². The van der Waals surface area contributed by atoms with E-state index in [9.17, 15) is 0 Å². The van der Waals surface area contributed by atoms with Crippen LogP contribution in [0.4, 0.5) is 6.01 Å². The van der Waals surface area contributed by atoms with Gasteiger partial charge in [0.05, 0.1) is 19.8 Å². The maximum absolute atomic E-state index is 5.77. The molecule has 23 heavy (non-hydrogen) atoms. The first-order valence-electron chi connectivity index (χ1n) is 8.39. The van der Waals surface area contributed by atoms with E-state index < -0.39 is 0 Å². The van der Waals surface area contributed by atoms with Gasteiger partial charge in [0.15, 0.2) is 5.58 Å². The van der Waals surface area contributed by atoms with Crippen LogP contribution in [-0.2, 0) is 9.47 Å². The molecule has 1 aromatic heterocycles. The van der Waals surface area contributed by atoms with Gasteiger partial charge in [-0.2, -0.15) is 4.98 Å². The van der Waals surface area contributed by atoms with E-state index in [0.29, 0.717) is 18.0 Å². The fraction of sp³-hybridized carbons (Fsp3) is 0.588. The highest BCUT2D eigenvalue weighted by Gasteiger charge is 2.31. The van der Waals surface area contributed by atoms with Gasteiger partial charge in [-0.15, -0.1) is 0 Å². The maximum Gasteiger partial charge on any atom is 0.295 e. The molecule has 2 atom stereocenters. The zero-order valence-electron chi connectivity index (χ0n) is 13.2. The number of ether oxygens (including phenoxy) is 2. The fourth-order valence-corrected chi connectivity index (χ4v) is 3.50. The molecule has 4 rings (SSSR count). The number of hydrogen-bond acceptors (Lipinski definition) is 6. The molecule has 2 aliphatic heterocycles. The molecule has 6 nitrogen and oxygen atoms in total. The van der Waals surface area contributed by atoms with Crippen molar-refractivity contribution in [3.63, 3.8) is 0 Å². The van der Waals surface area contributed by atoms with Gasteiger partial charge in [-0.3, -0.25) is 4.90 Å². The second-order valence-corrected chi connectivity index (χ2v) is 6.21. The number of oxazole rings is 1. The molecule has 0 saturated carbocycles. The van der Waals surface area contributed by atoms with Crippen LogP contribution < -0.4 is 5.32 Å². The number of hydrogen-bond donors (Lipinski definition) is 1. The van der Waals surface area contributed by atoms with E-state index in [1.54, 1.807) is 0 Å². The van der Waals surface area contributed by atoms with Gasteiger partial charge in [0, 0.05) is 38.2 Å². The van der Waals surface area contributed by atoms with Crippen molar-refractivity contribution in [1.82, 2.24) is 9.88 Å².